The molecule has 0 aliphatic rings. The molecule has 0 bridgehead atoms. The molecule has 0 aliphatic heterocycles. The van der Waals surface area contributed by atoms with Crippen LogP contribution in [0.1, 0.15) is 24.5 Å². The summed E-state index contributed by atoms with van der Waals surface area (Å²) >= 11 is 0. The number of guanidine groups is 1. The Morgan fingerprint density at radius 1 is 1.04 bits per heavy atom. The number of nitrogens with two attached hydrogens (primary N) is 1. The Hall–Kier alpha value is -2.16. The molecule has 0 saturated carbocycles. The maximum atomic E-state index is 5.97. The van der Waals surface area contributed by atoms with Gasteiger partial charge in [-0.1, -0.05) is 25.1 Å². The quantitative estimate of drug-likeness (QED) is 0.296. The van der Waals surface area contributed by atoms with Crippen LogP contribution in [0, 0.1) is 0 Å². The van der Waals surface area contributed by atoms with Gasteiger partial charge in [0.1, 0.15) is 5.75 Å². The number of rotatable bonds is 10. The first-order valence-corrected chi connectivity index (χ1v) is 9.12. The van der Waals surface area contributed by atoms with Gasteiger partial charge in [-0.25, -0.2) is 4.99 Å². The van der Waals surface area contributed by atoms with Gasteiger partial charge in [-0.15, -0.1) is 24.0 Å². The fraction of sp³-hybridized carbons (Fsp3) is 0.381. The summed E-state index contributed by atoms with van der Waals surface area (Å²) in [7, 11) is 3.23. The van der Waals surface area contributed by atoms with Crippen LogP contribution in [0.15, 0.2) is 47.5 Å². The van der Waals surface area contributed by atoms with E-state index in [0.29, 0.717) is 30.5 Å². The summed E-state index contributed by atoms with van der Waals surface area (Å²) in [6.07, 6.45) is 1.84. The van der Waals surface area contributed by atoms with Crippen LogP contribution in [0.2, 0.25) is 0 Å². The monoisotopic (exact) mass is 499 g/mol. The molecular weight excluding hydrogens is 469 g/mol. The number of hydrogen-bond donors (Lipinski definition) is 2. The van der Waals surface area contributed by atoms with E-state index in [2.05, 4.69) is 29.4 Å². The van der Waals surface area contributed by atoms with Gasteiger partial charge < -0.3 is 25.3 Å². The van der Waals surface area contributed by atoms with Gasteiger partial charge in [-0.3, -0.25) is 0 Å². The van der Waals surface area contributed by atoms with E-state index in [1.54, 1.807) is 14.2 Å². The zero-order valence-corrected chi connectivity index (χ0v) is 19.1. The molecule has 2 aromatic rings. The van der Waals surface area contributed by atoms with Gasteiger partial charge in [0.25, 0.3) is 0 Å². The summed E-state index contributed by atoms with van der Waals surface area (Å²) in [6, 6.07) is 13.8. The fourth-order valence-corrected chi connectivity index (χ4v) is 2.56. The molecule has 7 heteroatoms. The van der Waals surface area contributed by atoms with Crippen LogP contribution in [0.3, 0.4) is 0 Å². The van der Waals surface area contributed by atoms with Crippen molar-refractivity contribution in [2.45, 2.75) is 26.3 Å². The van der Waals surface area contributed by atoms with Crippen molar-refractivity contribution in [2.24, 2.45) is 10.7 Å². The zero-order chi connectivity index (χ0) is 19.5. The van der Waals surface area contributed by atoms with Gasteiger partial charge >= 0.3 is 0 Å². The number of hydrogen-bond acceptors (Lipinski definition) is 4. The van der Waals surface area contributed by atoms with Gasteiger partial charge in [0.05, 0.1) is 27.4 Å². The lowest BCUT2D eigenvalue weighted by Gasteiger charge is -2.10. The van der Waals surface area contributed by atoms with Crippen LogP contribution >= 0.6 is 24.0 Å². The molecule has 6 nitrogen and oxygen atoms in total. The summed E-state index contributed by atoms with van der Waals surface area (Å²) in [5.74, 6) is 2.70. The topological polar surface area (TPSA) is 78.1 Å². The number of nitrogens with one attached hydrogen (secondary N) is 1. The van der Waals surface area contributed by atoms with Gasteiger partial charge in [-0.05, 0) is 48.2 Å². The average Bonchev–Trinajstić information content (AvgIpc) is 2.70. The summed E-state index contributed by atoms with van der Waals surface area (Å²) in [5, 5.41) is 3.15. The molecule has 0 aromatic heterocycles. The summed E-state index contributed by atoms with van der Waals surface area (Å²) in [4.78, 5) is 4.38. The third kappa shape index (κ3) is 7.84. The van der Waals surface area contributed by atoms with Crippen molar-refractivity contribution in [3.8, 4) is 17.2 Å². The third-order valence-electron chi connectivity index (χ3n) is 3.97. The van der Waals surface area contributed by atoms with Crippen molar-refractivity contribution >= 4 is 29.9 Å². The van der Waals surface area contributed by atoms with E-state index >= 15 is 0 Å². The van der Waals surface area contributed by atoms with E-state index in [1.165, 1.54) is 5.56 Å². The minimum absolute atomic E-state index is 0. The second kappa shape index (κ2) is 13.1. The SMILES string of the molecule is CCCOc1cccc(CCNC(N)=NCc2ccc(OC)c(OC)c2)c1.I. The summed E-state index contributed by atoms with van der Waals surface area (Å²) < 4.78 is 16.2. The van der Waals surface area contributed by atoms with Crippen molar-refractivity contribution in [3.63, 3.8) is 0 Å². The number of aliphatic imine (C=N–C) groups is 1. The third-order valence-corrected chi connectivity index (χ3v) is 3.97. The normalized spacial score (nSPS) is 10.8. The Kier molecular flexibility index (Phi) is 11.2. The summed E-state index contributed by atoms with van der Waals surface area (Å²) in [6.45, 7) is 4.01. The molecule has 0 aliphatic carbocycles. The molecule has 0 saturated heterocycles. The molecule has 0 unspecified atom stereocenters. The first-order valence-electron chi connectivity index (χ1n) is 9.12. The predicted octanol–water partition coefficient (Wildman–Crippen LogP) is 3.76. The van der Waals surface area contributed by atoms with Gasteiger partial charge in [0.15, 0.2) is 17.5 Å². The second-order valence-corrected chi connectivity index (χ2v) is 6.06. The Morgan fingerprint density at radius 3 is 2.54 bits per heavy atom. The number of ether oxygens (including phenoxy) is 3. The van der Waals surface area contributed by atoms with Gasteiger partial charge in [0, 0.05) is 6.54 Å². The lowest BCUT2D eigenvalue weighted by molar-refractivity contribution is 0.317. The Labute approximate surface area is 184 Å². The van der Waals surface area contributed by atoms with Crippen molar-refractivity contribution < 1.29 is 14.2 Å². The fourth-order valence-electron chi connectivity index (χ4n) is 2.56. The van der Waals surface area contributed by atoms with E-state index in [9.17, 15) is 0 Å². The predicted molar refractivity (Wildman–Crippen MR) is 124 cm³/mol. The molecule has 2 aromatic carbocycles. The highest BCUT2D eigenvalue weighted by atomic mass is 127. The molecule has 0 spiro atoms. The number of halogens is 1. The molecule has 0 fully saturated rings. The number of nitrogens with zero attached hydrogens (tertiary/aromatic N) is 1. The molecular formula is C21H30IN3O3. The lowest BCUT2D eigenvalue weighted by Crippen LogP contribution is -2.33. The van der Waals surface area contributed by atoms with E-state index < -0.39 is 0 Å². The highest BCUT2D eigenvalue weighted by Crippen LogP contribution is 2.27. The molecule has 3 N–H and O–H groups in total. The molecule has 28 heavy (non-hydrogen) atoms. The van der Waals surface area contributed by atoms with Crippen LogP contribution in [-0.2, 0) is 13.0 Å². The molecule has 0 radical (unpaired) electrons. The van der Waals surface area contributed by atoms with Gasteiger partial charge in [-0.2, -0.15) is 0 Å². The number of benzene rings is 2. The van der Waals surface area contributed by atoms with Crippen LogP contribution < -0.4 is 25.3 Å². The van der Waals surface area contributed by atoms with E-state index in [0.717, 1.165) is 30.8 Å². The highest BCUT2D eigenvalue weighted by Gasteiger charge is 2.04. The van der Waals surface area contributed by atoms with Crippen LogP contribution in [0.4, 0.5) is 0 Å². The standard InChI is InChI=1S/C21H29N3O3.HI/c1-4-12-27-18-7-5-6-16(13-18)10-11-23-21(22)24-15-17-8-9-19(25-2)20(14-17)26-3;/h5-9,13-14H,4,10-12,15H2,1-3H3,(H3,22,23,24);1H. The van der Waals surface area contributed by atoms with E-state index in [1.807, 2.05) is 30.3 Å². The van der Waals surface area contributed by atoms with Crippen molar-refractivity contribution in [3.05, 3.63) is 53.6 Å². The minimum atomic E-state index is 0. The Balaban J connectivity index is 0.00000392. The van der Waals surface area contributed by atoms with Crippen LogP contribution in [0.5, 0.6) is 17.2 Å². The van der Waals surface area contributed by atoms with Gasteiger partial charge in [0.2, 0.25) is 0 Å². The molecule has 0 atom stereocenters. The Morgan fingerprint density at radius 2 is 1.82 bits per heavy atom. The number of methoxy groups -OCH3 is 2. The first-order chi connectivity index (χ1) is 13.2. The second-order valence-electron chi connectivity index (χ2n) is 6.06. The molecule has 0 amide bonds. The lowest BCUT2D eigenvalue weighted by atomic mass is 10.1. The van der Waals surface area contributed by atoms with Crippen molar-refractivity contribution in [1.29, 1.82) is 0 Å². The summed E-state index contributed by atoms with van der Waals surface area (Å²) in [5.41, 5.74) is 8.16. The minimum Gasteiger partial charge on any atom is -0.494 e. The van der Waals surface area contributed by atoms with E-state index in [-0.39, 0.29) is 24.0 Å². The van der Waals surface area contributed by atoms with Crippen LogP contribution in [0.25, 0.3) is 0 Å². The smallest absolute Gasteiger partial charge is 0.188 e. The highest BCUT2D eigenvalue weighted by molar-refractivity contribution is 14.0. The first kappa shape index (κ1) is 23.9. The molecule has 154 valence electrons. The maximum absolute atomic E-state index is 5.97. The Bertz CT molecular complexity index is 753. The van der Waals surface area contributed by atoms with Crippen LogP contribution in [-0.4, -0.2) is 33.3 Å². The molecule has 2 rings (SSSR count). The van der Waals surface area contributed by atoms with Crippen molar-refractivity contribution in [2.75, 3.05) is 27.4 Å². The maximum Gasteiger partial charge on any atom is 0.188 e. The molecule has 0 heterocycles. The average molecular weight is 499 g/mol. The largest absolute Gasteiger partial charge is 0.494 e. The van der Waals surface area contributed by atoms with E-state index in [4.69, 9.17) is 19.9 Å². The van der Waals surface area contributed by atoms with Crippen molar-refractivity contribution in [1.82, 2.24) is 5.32 Å². The zero-order valence-electron chi connectivity index (χ0n) is 16.7.